The van der Waals surface area contributed by atoms with Gasteiger partial charge in [0.25, 0.3) is 0 Å². The summed E-state index contributed by atoms with van der Waals surface area (Å²) in [5.74, 6) is 1.45. The smallest absolute Gasteiger partial charge is 0.0794 e. The predicted molar refractivity (Wildman–Crippen MR) is 89.8 cm³/mol. The summed E-state index contributed by atoms with van der Waals surface area (Å²) in [7, 11) is 0. The molecule has 0 aliphatic heterocycles. The Labute approximate surface area is 131 Å². The maximum atomic E-state index is 4.23. The highest BCUT2D eigenvalue weighted by molar-refractivity contribution is 7.09. The molecule has 1 saturated carbocycles. The lowest BCUT2D eigenvalue weighted by atomic mass is 9.74. The molecular formula is C18H24N2S. The number of aromatic nitrogens is 1. The van der Waals surface area contributed by atoms with Gasteiger partial charge in [0.15, 0.2) is 0 Å². The van der Waals surface area contributed by atoms with Gasteiger partial charge in [0, 0.05) is 17.1 Å². The normalized spacial score (nSPS) is 25.9. The van der Waals surface area contributed by atoms with Crippen LogP contribution in [0.15, 0.2) is 42.0 Å². The third-order valence-electron chi connectivity index (χ3n) is 4.67. The van der Waals surface area contributed by atoms with E-state index >= 15 is 0 Å². The van der Waals surface area contributed by atoms with Crippen LogP contribution < -0.4 is 5.32 Å². The number of benzene rings is 1. The van der Waals surface area contributed by atoms with Gasteiger partial charge in [-0.05, 0) is 49.6 Å². The number of rotatable bonds is 5. The van der Waals surface area contributed by atoms with E-state index in [4.69, 9.17) is 0 Å². The average molecular weight is 300 g/mol. The van der Waals surface area contributed by atoms with Crippen LogP contribution in [-0.4, -0.2) is 17.6 Å². The van der Waals surface area contributed by atoms with Crippen LogP contribution >= 0.6 is 11.3 Å². The summed E-state index contributed by atoms with van der Waals surface area (Å²) in [5, 5.41) is 3.70. The highest BCUT2D eigenvalue weighted by Crippen LogP contribution is 2.38. The number of hydrogen-bond donors (Lipinski definition) is 1. The molecule has 1 aromatic carbocycles. The largest absolute Gasteiger partial charge is 0.314 e. The Hall–Kier alpha value is -1.19. The summed E-state index contributed by atoms with van der Waals surface area (Å²) in [6.07, 6.45) is 7.10. The molecule has 1 heterocycles. The van der Waals surface area contributed by atoms with Gasteiger partial charge in [0.2, 0.25) is 0 Å². The minimum absolute atomic E-state index is 0.664. The van der Waals surface area contributed by atoms with E-state index in [1.165, 1.54) is 36.1 Å². The van der Waals surface area contributed by atoms with Crippen molar-refractivity contribution in [3.05, 3.63) is 52.5 Å². The lowest BCUT2D eigenvalue weighted by Crippen LogP contribution is -2.41. The number of thiazole rings is 1. The summed E-state index contributed by atoms with van der Waals surface area (Å²) >= 11 is 1.79. The molecule has 3 atom stereocenters. The zero-order chi connectivity index (χ0) is 14.5. The monoisotopic (exact) mass is 300 g/mol. The summed E-state index contributed by atoms with van der Waals surface area (Å²) in [6.45, 7) is 3.28. The molecule has 2 nitrogen and oxygen atoms in total. The van der Waals surface area contributed by atoms with E-state index in [2.05, 4.69) is 47.6 Å². The Morgan fingerprint density at radius 2 is 2.10 bits per heavy atom. The number of hydrogen-bond acceptors (Lipinski definition) is 3. The van der Waals surface area contributed by atoms with Crippen LogP contribution in [0.3, 0.4) is 0 Å². The van der Waals surface area contributed by atoms with Gasteiger partial charge in [-0.2, -0.15) is 0 Å². The predicted octanol–water partition coefficient (Wildman–Crippen LogP) is 4.25. The van der Waals surface area contributed by atoms with Gasteiger partial charge < -0.3 is 5.32 Å². The minimum Gasteiger partial charge on any atom is -0.314 e. The third kappa shape index (κ3) is 3.72. The molecule has 0 radical (unpaired) electrons. The number of nitrogens with zero attached hydrogens (tertiary/aromatic N) is 1. The van der Waals surface area contributed by atoms with E-state index in [0.717, 1.165) is 18.4 Å². The fourth-order valence-electron chi connectivity index (χ4n) is 3.65. The van der Waals surface area contributed by atoms with E-state index < -0.39 is 0 Å². The second kappa shape index (κ2) is 7.19. The molecule has 1 aromatic heterocycles. The summed E-state index contributed by atoms with van der Waals surface area (Å²) in [6, 6.07) is 11.7. The zero-order valence-electron chi connectivity index (χ0n) is 12.7. The van der Waals surface area contributed by atoms with Crippen LogP contribution in [0.2, 0.25) is 0 Å². The molecular weight excluding hydrogens is 276 g/mol. The van der Waals surface area contributed by atoms with Gasteiger partial charge in [-0.3, -0.25) is 4.98 Å². The fourth-order valence-corrected chi connectivity index (χ4v) is 4.34. The first-order chi connectivity index (χ1) is 10.4. The first-order valence-corrected chi connectivity index (χ1v) is 8.90. The van der Waals surface area contributed by atoms with Crippen molar-refractivity contribution in [3.63, 3.8) is 0 Å². The van der Waals surface area contributed by atoms with E-state index in [0.29, 0.717) is 6.04 Å². The maximum Gasteiger partial charge on any atom is 0.0794 e. The van der Waals surface area contributed by atoms with Crippen molar-refractivity contribution in [2.45, 2.75) is 44.6 Å². The maximum absolute atomic E-state index is 4.23. The second-order valence-corrected chi connectivity index (χ2v) is 6.99. The van der Waals surface area contributed by atoms with Crippen molar-refractivity contribution < 1.29 is 0 Å². The summed E-state index contributed by atoms with van der Waals surface area (Å²) < 4.78 is 0. The lowest BCUT2D eigenvalue weighted by molar-refractivity contribution is 0.242. The molecule has 1 N–H and O–H groups in total. The molecule has 112 valence electrons. The quantitative estimate of drug-likeness (QED) is 0.893. The summed E-state index contributed by atoms with van der Waals surface area (Å²) in [5.41, 5.74) is 3.47. The molecule has 3 rings (SSSR count). The Bertz CT molecular complexity index is 523. The molecule has 3 heteroatoms. The van der Waals surface area contributed by atoms with E-state index in [-0.39, 0.29) is 0 Å². The van der Waals surface area contributed by atoms with Gasteiger partial charge in [0.1, 0.15) is 0 Å². The van der Waals surface area contributed by atoms with Crippen molar-refractivity contribution in [3.8, 4) is 0 Å². The molecule has 0 amide bonds. The van der Waals surface area contributed by atoms with Crippen molar-refractivity contribution >= 4 is 11.3 Å². The van der Waals surface area contributed by atoms with Gasteiger partial charge in [-0.1, -0.05) is 37.3 Å². The molecule has 1 fully saturated rings. The molecule has 0 bridgehead atoms. The second-order valence-electron chi connectivity index (χ2n) is 6.02. The SMILES string of the molecule is CCNC1CCC(c2ccccc2)CC1Cc1cncs1. The van der Waals surface area contributed by atoms with Crippen LogP contribution in [0.5, 0.6) is 0 Å². The van der Waals surface area contributed by atoms with Gasteiger partial charge in [0.05, 0.1) is 5.51 Å². The standard InChI is InChI=1S/C18H24N2S/c1-2-20-18-9-8-15(14-6-4-3-5-7-14)10-16(18)11-17-12-19-13-21-17/h3-7,12-13,15-16,18,20H,2,8-11H2,1H3. The Kier molecular flexibility index (Phi) is 5.04. The van der Waals surface area contributed by atoms with Crippen molar-refractivity contribution in [2.75, 3.05) is 6.54 Å². The molecule has 3 unspecified atom stereocenters. The van der Waals surface area contributed by atoms with Gasteiger partial charge in [-0.15, -0.1) is 11.3 Å². The van der Waals surface area contributed by atoms with E-state index in [1.54, 1.807) is 11.3 Å². The Morgan fingerprint density at radius 1 is 1.24 bits per heavy atom. The molecule has 0 saturated heterocycles. The van der Waals surface area contributed by atoms with E-state index in [9.17, 15) is 0 Å². The number of nitrogens with one attached hydrogen (secondary N) is 1. The molecule has 2 aromatic rings. The fraction of sp³-hybridized carbons (Fsp3) is 0.500. The van der Waals surface area contributed by atoms with Crippen molar-refractivity contribution in [1.82, 2.24) is 10.3 Å². The zero-order valence-corrected chi connectivity index (χ0v) is 13.5. The molecule has 1 aliphatic carbocycles. The highest BCUT2D eigenvalue weighted by atomic mass is 32.1. The minimum atomic E-state index is 0.664. The van der Waals surface area contributed by atoms with Gasteiger partial charge >= 0.3 is 0 Å². The molecule has 0 spiro atoms. The van der Waals surface area contributed by atoms with Gasteiger partial charge in [-0.25, -0.2) is 0 Å². The lowest BCUT2D eigenvalue weighted by Gasteiger charge is -2.37. The topological polar surface area (TPSA) is 24.9 Å². The third-order valence-corrected chi connectivity index (χ3v) is 5.47. The first-order valence-electron chi connectivity index (χ1n) is 8.02. The Balaban J connectivity index is 1.72. The first kappa shape index (κ1) is 14.7. The van der Waals surface area contributed by atoms with E-state index in [1.807, 2.05) is 11.7 Å². The van der Waals surface area contributed by atoms with Crippen LogP contribution in [0.25, 0.3) is 0 Å². The van der Waals surface area contributed by atoms with Crippen LogP contribution in [-0.2, 0) is 6.42 Å². The average Bonchev–Trinajstić information content (AvgIpc) is 3.03. The van der Waals surface area contributed by atoms with Crippen LogP contribution in [0, 0.1) is 5.92 Å². The summed E-state index contributed by atoms with van der Waals surface area (Å²) in [4.78, 5) is 5.66. The van der Waals surface area contributed by atoms with Crippen molar-refractivity contribution in [1.29, 1.82) is 0 Å². The highest BCUT2D eigenvalue weighted by Gasteiger charge is 2.30. The van der Waals surface area contributed by atoms with Crippen LogP contribution in [0.1, 0.15) is 42.5 Å². The molecule has 21 heavy (non-hydrogen) atoms. The Morgan fingerprint density at radius 3 is 2.81 bits per heavy atom. The van der Waals surface area contributed by atoms with Crippen molar-refractivity contribution in [2.24, 2.45) is 5.92 Å². The molecule has 1 aliphatic rings. The van der Waals surface area contributed by atoms with Crippen LogP contribution in [0.4, 0.5) is 0 Å².